The number of nitrogens with one attached hydrogen (secondary N) is 1. The zero-order valence-corrected chi connectivity index (χ0v) is 14.8. The smallest absolute Gasteiger partial charge is 0.263 e. The van der Waals surface area contributed by atoms with Gasteiger partial charge in [0.2, 0.25) is 0 Å². The minimum Gasteiger partial charge on any atom is -0.496 e. The number of rotatable bonds is 8. The van der Waals surface area contributed by atoms with Gasteiger partial charge in [-0.25, -0.2) is 0 Å². The highest BCUT2D eigenvalue weighted by atomic mass is 16.5. The van der Waals surface area contributed by atoms with Crippen molar-refractivity contribution in [2.45, 2.75) is 6.92 Å². The standard InChI is InChI=1S/C19H24N2O4/c1-4-21(12-13-22)15-10-8-14(9-11-15)20-19(23)18-16(24-2)6-5-7-17(18)25-3/h5-11,22H,4,12-13H2,1-3H3,(H,20,23). The third-order valence-corrected chi connectivity index (χ3v) is 3.90. The van der Waals surface area contributed by atoms with Gasteiger partial charge in [0, 0.05) is 24.5 Å². The number of ether oxygens (including phenoxy) is 2. The van der Waals surface area contributed by atoms with Crippen molar-refractivity contribution in [3.05, 3.63) is 48.0 Å². The molecule has 0 aliphatic carbocycles. The Morgan fingerprint density at radius 3 is 2.16 bits per heavy atom. The van der Waals surface area contributed by atoms with Gasteiger partial charge in [-0.1, -0.05) is 6.07 Å². The second-order valence-electron chi connectivity index (χ2n) is 5.34. The molecule has 2 rings (SSSR count). The van der Waals surface area contributed by atoms with Crippen LogP contribution in [0.4, 0.5) is 11.4 Å². The number of benzene rings is 2. The first-order valence-corrected chi connectivity index (χ1v) is 8.12. The van der Waals surface area contributed by atoms with Crippen molar-refractivity contribution in [3.63, 3.8) is 0 Å². The Kier molecular flexibility index (Phi) is 6.65. The van der Waals surface area contributed by atoms with Crippen LogP contribution < -0.4 is 19.7 Å². The van der Waals surface area contributed by atoms with Crippen LogP contribution in [0.3, 0.4) is 0 Å². The molecular weight excluding hydrogens is 320 g/mol. The zero-order valence-electron chi connectivity index (χ0n) is 14.8. The maximum absolute atomic E-state index is 12.6. The van der Waals surface area contributed by atoms with Gasteiger partial charge in [0.05, 0.1) is 20.8 Å². The molecule has 6 nitrogen and oxygen atoms in total. The average Bonchev–Trinajstić information content (AvgIpc) is 2.66. The summed E-state index contributed by atoms with van der Waals surface area (Å²) < 4.78 is 10.5. The summed E-state index contributed by atoms with van der Waals surface area (Å²) in [6.45, 7) is 3.49. The van der Waals surface area contributed by atoms with Crippen LogP contribution in [0.5, 0.6) is 11.5 Å². The molecule has 0 fully saturated rings. The summed E-state index contributed by atoms with van der Waals surface area (Å²) in [5, 5.41) is 12.0. The molecule has 0 bridgehead atoms. The summed E-state index contributed by atoms with van der Waals surface area (Å²) in [7, 11) is 3.03. The molecule has 0 aliphatic rings. The highest BCUT2D eigenvalue weighted by Gasteiger charge is 2.18. The fraction of sp³-hybridized carbons (Fsp3) is 0.316. The third-order valence-electron chi connectivity index (χ3n) is 3.90. The molecule has 0 heterocycles. The third kappa shape index (κ3) is 4.42. The van der Waals surface area contributed by atoms with Crippen molar-refractivity contribution in [1.29, 1.82) is 0 Å². The van der Waals surface area contributed by atoms with Crippen molar-refractivity contribution in [2.75, 3.05) is 44.1 Å². The molecule has 134 valence electrons. The van der Waals surface area contributed by atoms with E-state index < -0.39 is 0 Å². The van der Waals surface area contributed by atoms with E-state index in [2.05, 4.69) is 10.2 Å². The van der Waals surface area contributed by atoms with Gasteiger partial charge in [0.1, 0.15) is 17.1 Å². The first kappa shape index (κ1) is 18.6. The number of aliphatic hydroxyl groups is 1. The van der Waals surface area contributed by atoms with E-state index in [1.165, 1.54) is 14.2 Å². The highest BCUT2D eigenvalue weighted by Crippen LogP contribution is 2.29. The Morgan fingerprint density at radius 2 is 1.68 bits per heavy atom. The van der Waals surface area contributed by atoms with E-state index >= 15 is 0 Å². The lowest BCUT2D eigenvalue weighted by Gasteiger charge is -2.22. The Bertz CT molecular complexity index is 679. The first-order valence-electron chi connectivity index (χ1n) is 8.12. The molecule has 0 saturated carbocycles. The molecule has 0 unspecified atom stereocenters. The lowest BCUT2D eigenvalue weighted by molar-refractivity contribution is 0.102. The summed E-state index contributed by atoms with van der Waals surface area (Å²) in [5.41, 5.74) is 2.01. The maximum atomic E-state index is 12.6. The number of methoxy groups -OCH3 is 2. The Morgan fingerprint density at radius 1 is 1.08 bits per heavy atom. The number of hydrogen-bond donors (Lipinski definition) is 2. The van der Waals surface area contributed by atoms with Gasteiger partial charge in [-0.05, 0) is 43.3 Å². The molecular formula is C19H24N2O4. The quantitative estimate of drug-likeness (QED) is 0.770. The van der Waals surface area contributed by atoms with Crippen molar-refractivity contribution in [2.24, 2.45) is 0 Å². The molecule has 2 aromatic carbocycles. The second-order valence-corrected chi connectivity index (χ2v) is 5.34. The number of nitrogens with zero attached hydrogens (tertiary/aromatic N) is 1. The monoisotopic (exact) mass is 344 g/mol. The largest absolute Gasteiger partial charge is 0.496 e. The van der Waals surface area contributed by atoms with E-state index in [1.807, 2.05) is 31.2 Å². The number of anilines is 2. The van der Waals surface area contributed by atoms with Crippen molar-refractivity contribution >= 4 is 17.3 Å². The molecule has 25 heavy (non-hydrogen) atoms. The molecule has 6 heteroatoms. The van der Waals surface area contributed by atoms with Gasteiger partial charge in [0.25, 0.3) is 5.91 Å². The molecule has 0 atom stereocenters. The fourth-order valence-electron chi connectivity index (χ4n) is 2.61. The summed E-state index contributed by atoms with van der Waals surface area (Å²) in [5.74, 6) is 0.604. The summed E-state index contributed by atoms with van der Waals surface area (Å²) in [6.07, 6.45) is 0. The number of likely N-dealkylation sites (N-methyl/N-ethyl adjacent to an activating group) is 1. The van der Waals surface area contributed by atoms with E-state index in [9.17, 15) is 4.79 Å². The summed E-state index contributed by atoms with van der Waals surface area (Å²) in [4.78, 5) is 14.7. The van der Waals surface area contributed by atoms with Crippen LogP contribution >= 0.6 is 0 Å². The van der Waals surface area contributed by atoms with E-state index in [0.29, 0.717) is 29.3 Å². The minimum absolute atomic E-state index is 0.0971. The Labute approximate surface area is 148 Å². The van der Waals surface area contributed by atoms with Crippen LogP contribution in [0.15, 0.2) is 42.5 Å². The molecule has 1 amide bonds. The zero-order chi connectivity index (χ0) is 18.2. The lowest BCUT2D eigenvalue weighted by atomic mass is 10.1. The normalized spacial score (nSPS) is 10.2. The van der Waals surface area contributed by atoms with Gasteiger partial charge in [0.15, 0.2) is 0 Å². The lowest BCUT2D eigenvalue weighted by Crippen LogP contribution is -2.26. The molecule has 0 aromatic heterocycles. The number of carbonyl (C=O) groups excluding carboxylic acids is 1. The SMILES string of the molecule is CCN(CCO)c1ccc(NC(=O)c2c(OC)cccc2OC)cc1. The molecule has 2 aromatic rings. The predicted molar refractivity (Wildman–Crippen MR) is 98.9 cm³/mol. The fourth-order valence-corrected chi connectivity index (χ4v) is 2.61. The van der Waals surface area contributed by atoms with Gasteiger partial charge in [-0.15, -0.1) is 0 Å². The molecule has 0 saturated heterocycles. The van der Waals surface area contributed by atoms with Gasteiger partial charge >= 0.3 is 0 Å². The van der Waals surface area contributed by atoms with Gasteiger partial charge < -0.3 is 24.8 Å². The van der Waals surface area contributed by atoms with Crippen LogP contribution in [0, 0.1) is 0 Å². The highest BCUT2D eigenvalue weighted by molar-refractivity contribution is 6.08. The topological polar surface area (TPSA) is 71.0 Å². The number of amides is 1. The van der Waals surface area contributed by atoms with E-state index in [1.54, 1.807) is 18.2 Å². The molecule has 0 aliphatic heterocycles. The van der Waals surface area contributed by atoms with Crippen LogP contribution in [0.2, 0.25) is 0 Å². The maximum Gasteiger partial charge on any atom is 0.263 e. The molecule has 2 N–H and O–H groups in total. The van der Waals surface area contributed by atoms with E-state index in [0.717, 1.165) is 12.2 Å². The van der Waals surface area contributed by atoms with Crippen LogP contribution in [-0.4, -0.2) is 44.9 Å². The predicted octanol–water partition coefficient (Wildman–Crippen LogP) is 2.77. The van der Waals surface area contributed by atoms with Crippen molar-refractivity contribution in [1.82, 2.24) is 0 Å². The molecule has 0 spiro atoms. The van der Waals surface area contributed by atoms with Crippen LogP contribution in [0.1, 0.15) is 17.3 Å². The number of carbonyl (C=O) groups is 1. The van der Waals surface area contributed by atoms with Crippen LogP contribution in [-0.2, 0) is 0 Å². The minimum atomic E-state index is -0.301. The van der Waals surface area contributed by atoms with E-state index in [4.69, 9.17) is 14.6 Å². The van der Waals surface area contributed by atoms with Crippen molar-refractivity contribution in [3.8, 4) is 11.5 Å². The Balaban J connectivity index is 2.19. The number of hydrogen-bond acceptors (Lipinski definition) is 5. The Hall–Kier alpha value is -2.73. The molecule has 0 radical (unpaired) electrons. The van der Waals surface area contributed by atoms with Gasteiger partial charge in [-0.2, -0.15) is 0 Å². The second kappa shape index (κ2) is 8.94. The number of aliphatic hydroxyl groups excluding tert-OH is 1. The van der Waals surface area contributed by atoms with Crippen molar-refractivity contribution < 1.29 is 19.4 Å². The van der Waals surface area contributed by atoms with Crippen LogP contribution in [0.25, 0.3) is 0 Å². The summed E-state index contributed by atoms with van der Waals surface area (Å²) in [6, 6.07) is 12.7. The van der Waals surface area contributed by atoms with E-state index in [-0.39, 0.29) is 12.5 Å². The first-order chi connectivity index (χ1) is 12.1. The summed E-state index contributed by atoms with van der Waals surface area (Å²) >= 11 is 0. The average molecular weight is 344 g/mol. The van der Waals surface area contributed by atoms with Gasteiger partial charge in [-0.3, -0.25) is 4.79 Å².